The first-order valence-electron chi connectivity index (χ1n) is 6.88. The predicted molar refractivity (Wildman–Crippen MR) is 84.1 cm³/mol. The Morgan fingerprint density at radius 3 is 2.79 bits per heavy atom. The molecule has 0 aromatic rings. The topological polar surface area (TPSA) is 64.4 Å². The fourth-order valence-electron chi connectivity index (χ4n) is 2.10. The third kappa shape index (κ3) is 8.74. The van der Waals surface area contributed by atoms with Crippen molar-refractivity contribution in [2.45, 2.75) is 50.7 Å². The van der Waals surface area contributed by atoms with Gasteiger partial charge in [0.2, 0.25) is 5.91 Å². The Balaban J connectivity index is 0.00000324. The second kappa shape index (κ2) is 11.8. The fraction of sp³-hybridized carbons (Fsp3) is 0.923. The van der Waals surface area contributed by atoms with Crippen LogP contribution in [-0.2, 0) is 9.53 Å². The second-order valence-electron chi connectivity index (χ2n) is 4.81. The molecule has 0 bridgehead atoms. The molecule has 1 saturated carbocycles. The van der Waals surface area contributed by atoms with E-state index in [4.69, 9.17) is 10.5 Å². The molecule has 6 heteroatoms. The zero-order valence-electron chi connectivity index (χ0n) is 11.7. The average Bonchev–Trinajstić information content (AvgIpc) is 2.88. The summed E-state index contributed by atoms with van der Waals surface area (Å²) in [6.45, 7) is 1.41. The number of hydrogen-bond acceptors (Lipinski definition) is 4. The van der Waals surface area contributed by atoms with Crippen molar-refractivity contribution < 1.29 is 9.53 Å². The molecule has 0 heterocycles. The van der Waals surface area contributed by atoms with Crippen molar-refractivity contribution in [3.05, 3.63) is 0 Å². The lowest BCUT2D eigenvalue weighted by Crippen LogP contribution is -2.41. The van der Waals surface area contributed by atoms with Gasteiger partial charge in [-0.3, -0.25) is 4.79 Å². The minimum Gasteiger partial charge on any atom is -0.378 e. The summed E-state index contributed by atoms with van der Waals surface area (Å²) in [4.78, 5) is 11.6. The van der Waals surface area contributed by atoms with Gasteiger partial charge in [0.05, 0.1) is 12.1 Å². The molecule has 0 spiro atoms. The highest BCUT2D eigenvalue weighted by Gasteiger charge is 2.15. The van der Waals surface area contributed by atoms with Crippen molar-refractivity contribution in [2.75, 3.05) is 25.2 Å². The lowest BCUT2D eigenvalue weighted by molar-refractivity contribution is -0.122. The molecule has 0 aromatic heterocycles. The van der Waals surface area contributed by atoms with E-state index < -0.39 is 0 Å². The molecular weight excluding hydrogens is 284 g/mol. The van der Waals surface area contributed by atoms with Crippen molar-refractivity contribution in [3.63, 3.8) is 0 Å². The molecule has 0 unspecified atom stereocenters. The van der Waals surface area contributed by atoms with Crippen LogP contribution in [0.5, 0.6) is 0 Å². The third-order valence-electron chi connectivity index (χ3n) is 3.25. The monoisotopic (exact) mass is 310 g/mol. The highest BCUT2D eigenvalue weighted by Crippen LogP contribution is 2.20. The Bertz CT molecular complexity index is 239. The van der Waals surface area contributed by atoms with Gasteiger partial charge in [-0.15, -0.1) is 12.4 Å². The second-order valence-corrected chi connectivity index (χ2v) is 5.80. The van der Waals surface area contributed by atoms with Crippen LogP contribution in [0, 0.1) is 0 Å². The van der Waals surface area contributed by atoms with Gasteiger partial charge in [0, 0.05) is 13.2 Å². The molecule has 19 heavy (non-hydrogen) atoms. The van der Waals surface area contributed by atoms with E-state index >= 15 is 0 Å². The quantitative estimate of drug-likeness (QED) is 0.639. The van der Waals surface area contributed by atoms with Gasteiger partial charge in [0.15, 0.2) is 0 Å². The first-order valence-corrected chi connectivity index (χ1v) is 8.27. The van der Waals surface area contributed by atoms with Crippen LogP contribution in [0.3, 0.4) is 0 Å². The van der Waals surface area contributed by atoms with Gasteiger partial charge < -0.3 is 15.8 Å². The predicted octanol–water partition coefficient (Wildman–Crippen LogP) is 1.95. The molecule has 4 nitrogen and oxygen atoms in total. The largest absolute Gasteiger partial charge is 0.378 e. The molecule has 0 aliphatic heterocycles. The number of nitrogens with one attached hydrogen (secondary N) is 1. The summed E-state index contributed by atoms with van der Waals surface area (Å²) in [5, 5.41) is 2.86. The number of rotatable bonds is 9. The highest BCUT2D eigenvalue weighted by molar-refractivity contribution is 7.98. The molecule has 114 valence electrons. The van der Waals surface area contributed by atoms with Gasteiger partial charge in [-0.1, -0.05) is 12.8 Å². The van der Waals surface area contributed by atoms with Gasteiger partial charge in [0.1, 0.15) is 0 Å². The molecular formula is C13H27ClN2O2S. The lowest BCUT2D eigenvalue weighted by Gasteiger charge is -2.13. The molecule has 1 atom stereocenters. The maximum atomic E-state index is 11.6. The molecule has 0 saturated heterocycles. The van der Waals surface area contributed by atoms with Crippen LogP contribution in [0.2, 0.25) is 0 Å². The fourth-order valence-corrected chi connectivity index (χ4v) is 2.59. The van der Waals surface area contributed by atoms with Crippen molar-refractivity contribution in [2.24, 2.45) is 5.73 Å². The average molecular weight is 311 g/mol. The summed E-state index contributed by atoms with van der Waals surface area (Å²) in [6, 6.07) is -0.367. The summed E-state index contributed by atoms with van der Waals surface area (Å²) < 4.78 is 5.72. The summed E-state index contributed by atoms with van der Waals surface area (Å²) in [7, 11) is 0. The molecule has 0 aromatic carbocycles. The first kappa shape index (κ1) is 19.0. The highest BCUT2D eigenvalue weighted by atomic mass is 35.5. The third-order valence-corrected chi connectivity index (χ3v) is 3.89. The summed E-state index contributed by atoms with van der Waals surface area (Å²) in [5.41, 5.74) is 5.76. The van der Waals surface area contributed by atoms with Crippen LogP contribution in [-0.4, -0.2) is 43.2 Å². The normalized spacial score (nSPS) is 16.9. The Hall–Kier alpha value is 0.0300. The Kier molecular flexibility index (Phi) is 11.8. The lowest BCUT2D eigenvalue weighted by atomic mass is 10.2. The number of carbonyl (C=O) groups excluding carboxylic acids is 1. The van der Waals surface area contributed by atoms with E-state index in [1.807, 2.05) is 6.26 Å². The number of hydrogen-bond donors (Lipinski definition) is 2. The molecule has 1 aliphatic carbocycles. The van der Waals surface area contributed by atoms with Gasteiger partial charge >= 0.3 is 0 Å². The van der Waals surface area contributed by atoms with Gasteiger partial charge in [-0.2, -0.15) is 11.8 Å². The van der Waals surface area contributed by atoms with Crippen molar-refractivity contribution in [3.8, 4) is 0 Å². The number of halogens is 1. The van der Waals surface area contributed by atoms with Gasteiger partial charge in [-0.05, 0) is 37.7 Å². The number of thioether (sulfide) groups is 1. The molecule has 1 amide bonds. The Labute approximate surface area is 127 Å². The van der Waals surface area contributed by atoms with E-state index in [1.54, 1.807) is 11.8 Å². The van der Waals surface area contributed by atoms with E-state index in [0.717, 1.165) is 25.2 Å². The van der Waals surface area contributed by atoms with Gasteiger partial charge in [0.25, 0.3) is 0 Å². The van der Waals surface area contributed by atoms with Crippen LogP contribution in [0.4, 0.5) is 0 Å². The number of ether oxygens (including phenoxy) is 1. The van der Waals surface area contributed by atoms with E-state index in [1.165, 1.54) is 25.7 Å². The number of carbonyl (C=O) groups is 1. The zero-order valence-corrected chi connectivity index (χ0v) is 13.4. The first-order chi connectivity index (χ1) is 8.74. The van der Waals surface area contributed by atoms with Crippen LogP contribution < -0.4 is 11.1 Å². The van der Waals surface area contributed by atoms with Gasteiger partial charge in [-0.25, -0.2) is 0 Å². The summed E-state index contributed by atoms with van der Waals surface area (Å²) >= 11 is 1.71. The van der Waals surface area contributed by atoms with Crippen molar-refractivity contribution in [1.82, 2.24) is 5.32 Å². The Morgan fingerprint density at radius 1 is 1.47 bits per heavy atom. The van der Waals surface area contributed by atoms with E-state index in [0.29, 0.717) is 12.6 Å². The minimum atomic E-state index is -0.367. The smallest absolute Gasteiger partial charge is 0.236 e. The summed E-state index contributed by atoms with van der Waals surface area (Å²) in [5.74, 6) is 0.893. The van der Waals surface area contributed by atoms with E-state index in [-0.39, 0.29) is 24.4 Å². The standard InChI is InChI=1S/C13H26N2O2S.ClH/c1-18-10-7-12(14)13(16)15-8-4-9-17-11-5-2-3-6-11;/h11-12H,2-10,14H2,1H3,(H,15,16);1H/t12-;/m0./s1. The minimum absolute atomic E-state index is 0. The maximum absolute atomic E-state index is 11.6. The summed E-state index contributed by atoms with van der Waals surface area (Å²) in [6.07, 6.45) is 9.09. The van der Waals surface area contributed by atoms with E-state index in [9.17, 15) is 4.79 Å². The van der Waals surface area contributed by atoms with Crippen molar-refractivity contribution in [1.29, 1.82) is 0 Å². The molecule has 1 rings (SSSR count). The zero-order chi connectivity index (χ0) is 13.2. The SMILES string of the molecule is CSCC[C@H](N)C(=O)NCCCOC1CCCC1.Cl. The van der Waals surface area contributed by atoms with Crippen LogP contribution in [0.1, 0.15) is 38.5 Å². The van der Waals surface area contributed by atoms with Crippen LogP contribution in [0.15, 0.2) is 0 Å². The molecule has 0 radical (unpaired) electrons. The molecule has 3 N–H and O–H groups in total. The maximum Gasteiger partial charge on any atom is 0.236 e. The van der Waals surface area contributed by atoms with Crippen molar-refractivity contribution >= 4 is 30.1 Å². The number of nitrogens with two attached hydrogens (primary N) is 1. The van der Waals surface area contributed by atoms with Crippen LogP contribution >= 0.6 is 24.2 Å². The van der Waals surface area contributed by atoms with E-state index in [2.05, 4.69) is 5.32 Å². The van der Waals surface area contributed by atoms with Crippen LogP contribution in [0.25, 0.3) is 0 Å². The molecule has 1 aliphatic rings. The number of amides is 1. The Morgan fingerprint density at radius 2 is 2.16 bits per heavy atom. The molecule has 1 fully saturated rings.